The Morgan fingerprint density at radius 3 is 0.800 bits per heavy atom. The minimum absolute atomic E-state index is 0. The number of rotatable bonds is 0. The van der Waals surface area contributed by atoms with Crippen molar-refractivity contribution in [2.75, 3.05) is 49.3 Å². The summed E-state index contributed by atoms with van der Waals surface area (Å²) in [5.74, 6) is 0. The summed E-state index contributed by atoms with van der Waals surface area (Å²) in [5.41, 5.74) is 0. The Bertz CT molecular complexity index is 48.4. The van der Waals surface area contributed by atoms with Gasteiger partial charge in [0.1, 0.15) is 0 Å². The number of quaternary nitrogens is 1. The van der Waals surface area contributed by atoms with Gasteiger partial charge >= 0.3 is 51.4 Å². The van der Waals surface area contributed by atoms with Crippen molar-refractivity contribution in [3.8, 4) is 0 Å². The van der Waals surface area contributed by atoms with E-state index in [1.165, 1.54) is 0 Å². The molecule has 2 nitrogen and oxygen atoms in total. The fourth-order valence-electron chi connectivity index (χ4n) is 0. The van der Waals surface area contributed by atoms with Gasteiger partial charge in [-0.2, -0.15) is 0 Å². The molecule has 0 unspecified atom stereocenters. The molecule has 0 aliphatic carbocycles. The maximum Gasteiger partial charge on any atom is 1.00 e. The molecule has 0 radical (unpaired) electrons. The summed E-state index contributed by atoms with van der Waals surface area (Å²) in [6.45, 7) is 0. The van der Waals surface area contributed by atoms with Crippen molar-refractivity contribution in [1.82, 2.24) is 4.90 Å². The molecule has 0 aromatic rings. The van der Waals surface area contributed by atoms with Crippen LogP contribution >= 0.6 is 0 Å². The molecule has 0 fully saturated rings. The van der Waals surface area contributed by atoms with Gasteiger partial charge in [-0.1, -0.05) is 0 Å². The molecule has 0 aliphatic heterocycles. The molecule has 0 N–H and O–H groups in total. The van der Waals surface area contributed by atoms with Gasteiger partial charge in [-0.15, -0.1) is 0 Å². The number of hydrogen-bond donors (Lipinski definition) is 0. The third kappa shape index (κ3) is 289. The molecule has 3 heteroatoms. The van der Waals surface area contributed by atoms with Crippen molar-refractivity contribution in [1.29, 1.82) is 0 Å². The monoisotopic (exact) mass is 172 g/mol. The predicted molar refractivity (Wildman–Crippen MR) is 43.6 cm³/mol. The summed E-state index contributed by atoms with van der Waals surface area (Å²) in [4.78, 5) is 2.00. The summed E-state index contributed by atoms with van der Waals surface area (Å²) in [7, 11) is 14.5. The van der Waals surface area contributed by atoms with E-state index in [1.807, 2.05) is 26.0 Å². The van der Waals surface area contributed by atoms with Crippen LogP contribution in [0.5, 0.6) is 0 Å². The first-order valence-corrected chi connectivity index (χ1v) is 3.13. The van der Waals surface area contributed by atoms with E-state index in [4.69, 9.17) is 0 Å². The molecule has 58 valence electrons. The zero-order valence-electron chi connectivity index (χ0n) is 8.89. The van der Waals surface area contributed by atoms with E-state index in [9.17, 15) is 0 Å². The van der Waals surface area contributed by atoms with Crippen molar-refractivity contribution >= 4 is 0 Å². The van der Waals surface area contributed by atoms with Crippen LogP contribution in [0.1, 0.15) is 0 Å². The predicted octanol–water partition coefficient (Wildman–Crippen LogP) is -2.50. The molecule has 0 aliphatic rings. The molecule has 0 atom stereocenters. The van der Waals surface area contributed by atoms with Gasteiger partial charge in [-0.25, -0.2) is 0 Å². The minimum Gasteiger partial charge on any atom is -0.333 e. The molecule has 0 saturated heterocycles. The molecule has 0 amide bonds. The maximum atomic E-state index is 2.12. The first kappa shape index (κ1) is 17.6. The Morgan fingerprint density at radius 1 is 0.800 bits per heavy atom. The molecule has 0 spiro atoms. The summed E-state index contributed by atoms with van der Waals surface area (Å²) in [6, 6.07) is 0. The van der Waals surface area contributed by atoms with E-state index in [2.05, 4.69) is 28.2 Å². The average Bonchev–Trinajstić information content (AvgIpc) is 1.19. The van der Waals surface area contributed by atoms with E-state index < -0.39 is 0 Å². The van der Waals surface area contributed by atoms with Gasteiger partial charge in [-0.3, -0.25) is 0 Å². The van der Waals surface area contributed by atoms with E-state index in [1.54, 1.807) is 0 Å². The summed E-state index contributed by atoms with van der Waals surface area (Å²) in [5, 5.41) is 0. The van der Waals surface area contributed by atoms with E-state index in [-0.39, 0.29) is 51.4 Å². The topological polar surface area (TPSA) is 3.24 Å². The van der Waals surface area contributed by atoms with Crippen molar-refractivity contribution in [2.45, 2.75) is 0 Å². The number of hydrogen-bond acceptors (Lipinski definition) is 1. The standard InChI is InChI=1S/C4H12N.C3H9N.K/c1-5(2,3)4;1-4(2)3;/h1-4H3;1-3H3;/q+1;;+1. The smallest absolute Gasteiger partial charge is 0.333 e. The maximum absolute atomic E-state index is 2.12. The summed E-state index contributed by atoms with van der Waals surface area (Å²) in [6.07, 6.45) is 0. The van der Waals surface area contributed by atoms with Gasteiger partial charge in [0.25, 0.3) is 0 Å². The van der Waals surface area contributed by atoms with Crippen LogP contribution in [0.4, 0.5) is 0 Å². The van der Waals surface area contributed by atoms with E-state index >= 15 is 0 Å². The molecule has 0 aromatic carbocycles. The molecule has 10 heavy (non-hydrogen) atoms. The zero-order valence-corrected chi connectivity index (χ0v) is 12.0. The van der Waals surface area contributed by atoms with Gasteiger partial charge < -0.3 is 9.38 Å². The van der Waals surface area contributed by atoms with E-state index in [0.29, 0.717) is 0 Å². The van der Waals surface area contributed by atoms with Crippen LogP contribution in [-0.4, -0.2) is 58.7 Å². The Hall–Kier alpha value is 1.56. The fraction of sp³-hybridized carbons (Fsp3) is 1.00. The quantitative estimate of drug-likeness (QED) is 0.289. The minimum atomic E-state index is 0. The van der Waals surface area contributed by atoms with Gasteiger partial charge in [0.2, 0.25) is 0 Å². The van der Waals surface area contributed by atoms with Crippen LogP contribution in [0.2, 0.25) is 0 Å². The molecule has 0 rings (SSSR count). The third-order valence-corrected chi connectivity index (χ3v) is 0. The van der Waals surface area contributed by atoms with Crippen LogP contribution in [0, 0.1) is 0 Å². The second-order valence-corrected chi connectivity index (χ2v) is 4.02. The van der Waals surface area contributed by atoms with Crippen molar-refractivity contribution in [2.24, 2.45) is 0 Å². The first-order chi connectivity index (χ1) is 3.73. The summed E-state index contributed by atoms with van der Waals surface area (Å²) < 4.78 is 1.00. The normalized spacial score (nSPS) is 9.60. The van der Waals surface area contributed by atoms with E-state index in [0.717, 1.165) is 4.48 Å². The van der Waals surface area contributed by atoms with Gasteiger partial charge in [-0.05, 0) is 21.1 Å². The van der Waals surface area contributed by atoms with Gasteiger partial charge in [0.15, 0.2) is 0 Å². The Kier molecular flexibility index (Phi) is 15.2. The Labute approximate surface area is 109 Å². The van der Waals surface area contributed by atoms with Crippen LogP contribution < -0.4 is 51.4 Å². The molecule has 0 aromatic heterocycles. The van der Waals surface area contributed by atoms with Crippen molar-refractivity contribution in [3.63, 3.8) is 0 Å². The van der Waals surface area contributed by atoms with Crippen LogP contribution in [0.25, 0.3) is 0 Å². The van der Waals surface area contributed by atoms with Crippen LogP contribution in [-0.2, 0) is 0 Å². The number of nitrogens with zero attached hydrogens (tertiary/aromatic N) is 2. The third-order valence-electron chi connectivity index (χ3n) is 0. The SMILES string of the molecule is CN(C)C.C[N+](C)(C)C.[K+]. The average molecular weight is 172 g/mol. The fourth-order valence-corrected chi connectivity index (χ4v) is 0. The van der Waals surface area contributed by atoms with Crippen molar-refractivity contribution in [3.05, 3.63) is 0 Å². The summed E-state index contributed by atoms with van der Waals surface area (Å²) >= 11 is 0. The largest absolute Gasteiger partial charge is 1.00 e. The Morgan fingerprint density at radius 2 is 0.800 bits per heavy atom. The van der Waals surface area contributed by atoms with Gasteiger partial charge in [0.05, 0.1) is 28.2 Å². The van der Waals surface area contributed by atoms with Gasteiger partial charge in [0, 0.05) is 0 Å². The van der Waals surface area contributed by atoms with Crippen LogP contribution in [0.15, 0.2) is 0 Å². The zero-order chi connectivity index (χ0) is 8.08. The molecular formula is C7H21KN2+2. The molecule has 0 saturated carbocycles. The Balaban J connectivity index is -0.0000000910. The molecule has 0 heterocycles. The van der Waals surface area contributed by atoms with Crippen molar-refractivity contribution < 1.29 is 55.9 Å². The van der Waals surface area contributed by atoms with Crippen LogP contribution in [0.3, 0.4) is 0 Å². The second kappa shape index (κ2) is 8.65. The molecule has 0 bridgehead atoms. The second-order valence-electron chi connectivity index (χ2n) is 4.02. The molecular weight excluding hydrogens is 151 g/mol. The first-order valence-electron chi connectivity index (χ1n) is 3.13.